The molecule has 122 valence electrons. The van der Waals surface area contributed by atoms with E-state index in [1.165, 1.54) is 17.0 Å². The first kappa shape index (κ1) is 16.7. The van der Waals surface area contributed by atoms with Crippen molar-refractivity contribution in [2.45, 2.75) is 6.18 Å². The van der Waals surface area contributed by atoms with Crippen molar-refractivity contribution in [3.8, 4) is 11.5 Å². The van der Waals surface area contributed by atoms with Crippen LogP contribution in [-0.2, 0) is 6.18 Å². The maximum absolute atomic E-state index is 12.5. The second kappa shape index (κ2) is 6.60. The van der Waals surface area contributed by atoms with E-state index in [-0.39, 0.29) is 6.03 Å². The van der Waals surface area contributed by atoms with E-state index in [1.807, 2.05) is 0 Å². The predicted molar refractivity (Wildman–Crippen MR) is 80.7 cm³/mol. The minimum atomic E-state index is -4.37. The molecule has 4 nitrogen and oxygen atoms in total. The number of halogens is 3. The Bertz CT molecular complexity index is 665. The van der Waals surface area contributed by atoms with Gasteiger partial charge in [0.25, 0.3) is 0 Å². The molecule has 0 aliphatic carbocycles. The predicted octanol–water partition coefficient (Wildman–Crippen LogP) is 4.59. The summed E-state index contributed by atoms with van der Waals surface area (Å²) in [6, 6.07) is 10.7. The van der Waals surface area contributed by atoms with Crippen molar-refractivity contribution in [1.82, 2.24) is 4.90 Å². The molecular weight excluding hydrogens is 309 g/mol. The zero-order chi connectivity index (χ0) is 17.0. The summed E-state index contributed by atoms with van der Waals surface area (Å²) < 4.78 is 42.9. The summed E-state index contributed by atoms with van der Waals surface area (Å²) in [5.41, 5.74) is -0.143. The Morgan fingerprint density at radius 1 is 0.957 bits per heavy atom. The molecule has 0 atom stereocenters. The van der Waals surface area contributed by atoms with Gasteiger partial charge in [0.2, 0.25) is 0 Å². The first-order chi connectivity index (χ1) is 10.8. The average molecular weight is 324 g/mol. The third kappa shape index (κ3) is 4.64. The van der Waals surface area contributed by atoms with E-state index in [9.17, 15) is 18.0 Å². The Morgan fingerprint density at radius 3 is 1.87 bits per heavy atom. The quantitative estimate of drug-likeness (QED) is 0.897. The van der Waals surface area contributed by atoms with Crippen LogP contribution in [0.15, 0.2) is 48.5 Å². The largest absolute Gasteiger partial charge is 0.457 e. The number of ether oxygens (including phenoxy) is 1. The molecule has 0 aliphatic heterocycles. The standard InChI is InChI=1S/C16H15F3N2O2/c1-21(2)15(22)20-12-5-9-14(10-6-12)23-13-7-3-11(4-8-13)16(17,18)19/h3-10H,1-2H3,(H,20,22). The molecule has 0 saturated carbocycles. The summed E-state index contributed by atoms with van der Waals surface area (Å²) in [5, 5.41) is 2.66. The van der Waals surface area contributed by atoms with Gasteiger partial charge in [0.1, 0.15) is 11.5 Å². The molecule has 0 aliphatic rings. The SMILES string of the molecule is CN(C)C(=O)Nc1ccc(Oc2ccc(C(F)(F)F)cc2)cc1. The van der Waals surface area contributed by atoms with Gasteiger partial charge >= 0.3 is 12.2 Å². The number of nitrogens with one attached hydrogen (secondary N) is 1. The lowest BCUT2D eigenvalue weighted by atomic mass is 10.2. The van der Waals surface area contributed by atoms with E-state index < -0.39 is 11.7 Å². The number of hydrogen-bond acceptors (Lipinski definition) is 2. The highest BCUT2D eigenvalue weighted by Crippen LogP contribution is 2.31. The van der Waals surface area contributed by atoms with Crippen LogP contribution >= 0.6 is 0 Å². The van der Waals surface area contributed by atoms with Crippen molar-refractivity contribution in [2.24, 2.45) is 0 Å². The summed E-state index contributed by atoms with van der Waals surface area (Å²) in [4.78, 5) is 12.9. The van der Waals surface area contributed by atoms with Gasteiger partial charge in [-0.05, 0) is 48.5 Å². The van der Waals surface area contributed by atoms with E-state index in [2.05, 4.69) is 5.32 Å². The molecule has 23 heavy (non-hydrogen) atoms. The lowest BCUT2D eigenvalue weighted by Gasteiger charge is -2.12. The van der Waals surface area contributed by atoms with Crippen molar-refractivity contribution >= 4 is 11.7 Å². The lowest BCUT2D eigenvalue weighted by molar-refractivity contribution is -0.137. The number of anilines is 1. The number of alkyl halides is 3. The van der Waals surface area contributed by atoms with Crippen LogP contribution in [0.3, 0.4) is 0 Å². The van der Waals surface area contributed by atoms with Crippen LogP contribution in [0.2, 0.25) is 0 Å². The molecule has 0 saturated heterocycles. The summed E-state index contributed by atoms with van der Waals surface area (Å²) in [5.74, 6) is 0.746. The molecule has 0 unspecified atom stereocenters. The van der Waals surface area contributed by atoms with Crippen molar-refractivity contribution in [3.63, 3.8) is 0 Å². The van der Waals surface area contributed by atoms with Crippen molar-refractivity contribution < 1.29 is 22.7 Å². The number of carbonyl (C=O) groups is 1. The fraction of sp³-hybridized carbons (Fsp3) is 0.188. The Labute approximate surface area is 131 Å². The maximum Gasteiger partial charge on any atom is 0.416 e. The Hall–Kier alpha value is -2.70. The Balaban J connectivity index is 2.02. The highest BCUT2D eigenvalue weighted by molar-refractivity contribution is 5.88. The summed E-state index contributed by atoms with van der Waals surface area (Å²) in [6.07, 6.45) is -4.37. The summed E-state index contributed by atoms with van der Waals surface area (Å²) >= 11 is 0. The summed E-state index contributed by atoms with van der Waals surface area (Å²) in [6.45, 7) is 0. The molecular formula is C16H15F3N2O2. The third-order valence-corrected chi connectivity index (χ3v) is 2.93. The normalized spacial score (nSPS) is 11.0. The molecule has 0 heterocycles. The monoisotopic (exact) mass is 324 g/mol. The van der Waals surface area contributed by atoms with Crippen LogP contribution in [0.1, 0.15) is 5.56 Å². The van der Waals surface area contributed by atoms with Gasteiger partial charge < -0.3 is 15.0 Å². The van der Waals surface area contributed by atoms with Crippen LogP contribution in [0, 0.1) is 0 Å². The molecule has 0 aromatic heterocycles. The molecule has 0 fully saturated rings. The van der Waals surface area contributed by atoms with Gasteiger partial charge in [0.15, 0.2) is 0 Å². The van der Waals surface area contributed by atoms with E-state index in [1.54, 1.807) is 38.4 Å². The van der Waals surface area contributed by atoms with Crippen LogP contribution in [0.4, 0.5) is 23.7 Å². The minimum absolute atomic E-state index is 0.263. The number of carbonyl (C=O) groups excluding carboxylic acids is 1. The van der Waals surface area contributed by atoms with Gasteiger partial charge in [0, 0.05) is 19.8 Å². The van der Waals surface area contributed by atoms with Gasteiger partial charge in [0.05, 0.1) is 5.56 Å². The van der Waals surface area contributed by atoms with Crippen LogP contribution < -0.4 is 10.1 Å². The van der Waals surface area contributed by atoms with Crippen molar-refractivity contribution in [2.75, 3.05) is 19.4 Å². The lowest BCUT2D eigenvalue weighted by Crippen LogP contribution is -2.27. The molecule has 7 heteroatoms. The number of benzene rings is 2. The Kier molecular flexibility index (Phi) is 4.78. The van der Waals surface area contributed by atoms with Crippen LogP contribution in [0.25, 0.3) is 0 Å². The second-order valence-electron chi connectivity index (χ2n) is 4.97. The van der Waals surface area contributed by atoms with Gasteiger partial charge in [-0.1, -0.05) is 0 Å². The minimum Gasteiger partial charge on any atom is -0.457 e. The summed E-state index contributed by atoms with van der Waals surface area (Å²) in [7, 11) is 3.24. The average Bonchev–Trinajstić information content (AvgIpc) is 2.49. The maximum atomic E-state index is 12.5. The van der Waals surface area contributed by atoms with E-state index in [0.29, 0.717) is 17.2 Å². The zero-order valence-corrected chi connectivity index (χ0v) is 12.5. The molecule has 0 bridgehead atoms. The van der Waals surface area contributed by atoms with Gasteiger partial charge in [-0.25, -0.2) is 4.79 Å². The first-order valence-corrected chi connectivity index (χ1v) is 6.69. The highest BCUT2D eigenvalue weighted by atomic mass is 19.4. The molecule has 2 rings (SSSR count). The fourth-order valence-corrected chi connectivity index (χ4v) is 1.69. The molecule has 2 amide bonds. The number of rotatable bonds is 3. The zero-order valence-electron chi connectivity index (χ0n) is 12.5. The molecule has 0 spiro atoms. The first-order valence-electron chi connectivity index (χ1n) is 6.69. The second-order valence-corrected chi connectivity index (χ2v) is 4.97. The number of hydrogen-bond donors (Lipinski definition) is 1. The van der Waals surface area contributed by atoms with Gasteiger partial charge in [-0.2, -0.15) is 13.2 Å². The van der Waals surface area contributed by atoms with E-state index in [4.69, 9.17) is 4.74 Å². The Morgan fingerprint density at radius 2 is 1.43 bits per heavy atom. The molecule has 0 radical (unpaired) electrons. The smallest absolute Gasteiger partial charge is 0.416 e. The fourth-order valence-electron chi connectivity index (χ4n) is 1.69. The van der Waals surface area contributed by atoms with Crippen LogP contribution in [0.5, 0.6) is 11.5 Å². The molecule has 1 N–H and O–H groups in total. The molecule has 2 aromatic carbocycles. The number of nitrogens with zero attached hydrogens (tertiary/aromatic N) is 1. The topological polar surface area (TPSA) is 41.6 Å². The highest BCUT2D eigenvalue weighted by Gasteiger charge is 2.30. The van der Waals surface area contributed by atoms with E-state index >= 15 is 0 Å². The third-order valence-electron chi connectivity index (χ3n) is 2.93. The van der Waals surface area contributed by atoms with Gasteiger partial charge in [-0.3, -0.25) is 0 Å². The van der Waals surface area contributed by atoms with Gasteiger partial charge in [-0.15, -0.1) is 0 Å². The van der Waals surface area contributed by atoms with E-state index in [0.717, 1.165) is 12.1 Å². The van der Waals surface area contributed by atoms with Crippen molar-refractivity contribution in [1.29, 1.82) is 0 Å². The van der Waals surface area contributed by atoms with Crippen molar-refractivity contribution in [3.05, 3.63) is 54.1 Å². The molecule has 2 aromatic rings. The number of urea groups is 1. The van der Waals surface area contributed by atoms with Crippen LogP contribution in [-0.4, -0.2) is 25.0 Å². The number of amides is 2.